The van der Waals surface area contributed by atoms with Crippen molar-refractivity contribution in [2.75, 3.05) is 19.6 Å². The van der Waals surface area contributed by atoms with Gasteiger partial charge in [0.2, 0.25) is 5.91 Å². The smallest absolute Gasteiger partial charge is 0.219 e. The number of hydrogen-bond acceptors (Lipinski definition) is 2. The van der Waals surface area contributed by atoms with Crippen molar-refractivity contribution in [1.29, 1.82) is 0 Å². The van der Waals surface area contributed by atoms with Crippen molar-refractivity contribution < 1.29 is 4.79 Å². The summed E-state index contributed by atoms with van der Waals surface area (Å²) in [7, 11) is 0. The molecular formula is C17H34N2O. The highest BCUT2D eigenvalue weighted by atomic mass is 16.2. The number of nitrogens with one attached hydrogen (secondary N) is 1. The van der Waals surface area contributed by atoms with Crippen LogP contribution < -0.4 is 5.32 Å². The lowest BCUT2D eigenvalue weighted by atomic mass is 10.0. The molecule has 0 unspecified atom stereocenters. The van der Waals surface area contributed by atoms with Crippen molar-refractivity contribution in [3.63, 3.8) is 0 Å². The van der Waals surface area contributed by atoms with Gasteiger partial charge in [0.1, 0.15) is 0 Å². The third-order valence-corrected chi connectivity index (χ3v) is 4.40. The summed E-state index contributed by atoms with van der Waals surface area (Å²) in [4.78, 5) is 13.2. The molecular weight excluding hydrogens is 248 g/mol. The van der Waals surface area contributed by atoms with Gasteiger partial charge < -0.3 is 10.2 Å². The van der Waals surface area contributed by atoms with E-state index in [1.807, 2.05) is 4.90 Å². The Balaban J connectivity index is 1.86. The Bertz CT molecular complexity index is 247. The summed E-state index contributed by atoms with van der Waals surface area (Å²) in [5.41, 5.74) is 0. The molecule has 1 heterocycles. The third kappa shape index (κ3) is 7.88. The highest BCUT2D eigenvalue weighted by Gasteiger charge is 2.19. The van der Waals surface area contributed by atoms with E-state index in [1.54, 1.807) is 6.92 Å². The minimum absolute atomic E-state index is 0.228. The number of hydrogen-bond donors (Lipinski definition) is 1. The molecule has 1 aliphatic rings. The molecule has 1 saturated heterocycles. The molecule has 0 saturated carbocycles. The van der Waals surface area contributed by atoms with Gasteiger partial charge in [-0.15, -0.1) is 0 Å². The van der Waals surface area contributed by atoms with E-state index in [4.69, 9.17) is 0 Å². The lowest BCUT2D eigenvalue weighted by molar-refractivity contribution is -0.129. The maximum atomic E-state index is 11.2. The largest absolute Gasteiger partial charge is 0.343 e. The molecule has 0 radical (unpaired) electrons. The summed E-state index contributed by atoms with van der Waals surface area (Å²) in [5.74, 6) is 0.228. The lowest BCUT2D eigenvalue weighted by Crippen LogP contribution is -2.44. The van der Waals surface area contributed by atoms with Crippen molar-refractivity contribution in [2.45, 2.75) is 84.1 Å². The molecule has 20 heavy (non-hydrogen) atoms. The quantitative estimate of drug-likeness (QED) is 0.619. The molecule has 0 aromatic heterocycles. The minimum Gasteiger partial charge on any atom is -0.343 e. The molecule has 1 fully saturated rings. The molecule has 0 aliphatic carbocycles. The van der Waals surface area contributed by atoms with Crippen LogP contribution in [-0.4, -0.2) is 36.5 Å². The van der Waals surface area contributed by atoms with Gasteiger partial charge in [-0.3, -0.25) is 4.79 Å². The van der Waals surface area contributed by atoms with E-state index in [9.17, 15) is 4.79 Å². The maximum absolute atomic E-state index is 11.2. The summed E-state index contributed by atoms with van der Waals surface area (Å²) >= 11 is 0. The number of unbranched alkanes of at least 4 members (excludes halogenated alkanes) is 7. The van der Waals surface area contributed by atoms with Gasteiger partial charge in [0.25, 0.3) is 0 Å². The normalized spacial score (nSPS) is 16.6. The van der Waals surface area contributed by atoms with Crippen molar-refractivity contribution in [1.82, 2.24) is 10.2 Å². The molecule has 0 bridgehead atoms. The Kier molecular flexibility index (Phi) is 9.73. The van der Waals surface area contributed by atoms with Gasteiger partial charge in [-0.25, -0.2) is 0 Å². The van der Waals surface area contributed by atoms with Gasteiger partial charge in [0.15, 0.2) is 0 Å². The molecule has 3 heteroatoms. The summed E-state index contributed by atoms with van der Waals surface area (Å²) < 4.78 is 0. The standard InChI is InChI=1S/C17H34N2O/c1-3-4-5-6-7-8-9-10-13-18-17-11-14-19(15-12-17)16(2)20/h17-18H,3-15H2,1-2H3. The Morgan fingerprint density at radius 1 is 1.00 bits per heavy atom. The first-order valence-electron chi connectivity index (χ1n) is 8.73. The Morgan fingerprint density at radius 2 is 1.55 bits per heavy atom. The van der Waals surface area contributed by atoms with Gasteiger partial charge in [0, 0.05) is 26.1 Å². The van der Waals surface area contributed by atoms with Gasteiger partial charge in [-0.2, -0.15) is 0 Å². The summed E-state index contributed by atoms with van der Waals surface area (Å²) in [6.07, 6.45) is 13.3. The number of carbonyl (C=O) groups is 1. The third-order valence-electron chi connectivity index (χ3n) is 4.40. The molecule has 1 rings (SSSR count). The summed E-state index contributed by atoms with van der Waals surface area (Å²) in [5, 5.41) is 3.65. The molecule has 0 aromatic rings. The molecule has 0 atom stereocenters. The zero-order valence-electron chi connectivity index (χ0n) is 13.6. The Hall–Kier alpha value is -0.570. The van der Waals surface area contributed by atoms with Crippen LogP contribution in [0.2, 0.25) is 0 Å². The van der Waals surface area contributed by atoms with Gasteiger partial charge in [0.05, 0.1) is 0 Å². The monoisotopic (exact) mass is 282 g/mol. The highest BCUT2D eigenvalue weighted by molar-refractivity contribution is 5.73. The molecule has 0 spiro atoms. The van der Waals surface area contributed by atoms with Gasteiger partial charge >= 0.3 is 0 Å². The number of carbonyl (C=O) groups excluding carboxylic acids is 1. The number of amides is 1. The summed E-state index contributed by atoms with van der Waals surface area (Å²) in [6, 6.07) is 0.634. The van der Waals surface area contributed by atoms with Crippen molar-refractivity contribution >= 4 is 5.91 Å². The van der Waals surface area contributed by atoms with Crippen LogP contribution in [0.15, 0.2) is 0 Å². The lowest BCUT2D eigenvalue weighted by Gasteiger charge is -2.31. The number of likely N-dealkylation sites (tertiary alicyclic amines) is 1. The second-order valence-electron chi connectivity index (χ2n) is 6.21. The molecule has 1 aliphatic heterocycles. The van der Waals surface area contributed by atoms with Gasteiger partial charge in [-0.05, 0) is 25.8 Å². The van der Waals surface area contributed by atoms with Crippen LogP contribution in [0.5, 0.6) is 0 Å². The molecule has 1 N–H and O–H groups in total. The van der Waals surface area contributed by atoms with Crippen LogP contribution in [0.3, 0.4) is 0 Å². The Labute approximate surface area is 125 Å². The van der Waals surface area contributed by atoms with Gasteiger partial charge in [-0.1, -0.05) is 51.9 Å². The maximum Gasteiger partial charge on any atom is 0.219 e. The Morgan fingerprint density at radius 3 is 2.10 bits per heavy atom. The number of rotatable bonds is 10. The van der Waals surface area contributed by atoms with E-state index >= 15 is 0 Å². The van der Waals surface area contributed by atoms with E-state index < -0.39 is 0 Å². The molecule has 1 amide bonds. The van der Waals surface area contributed by atoms with E-state index in [1.165, 1.54) is 51.4 Å². The first-order valence-corrected chi connectivity index (χ1v) is 8.73. The van der Waals surface area contributed by atoms with E-state index in [-0.39, 0.29) is 5.91 Å². The topological polar surface area (TPSA) is 32.3 Å². The molecule has 118 valence electrons. The van der Waals surface area contributed by atoms with Crippen LogP contribution in [0.4, 0.5) is 0 Å². The van der Waals surface area contributed by atoms with Crippen LogP contribution >= 0.6 is 0 Å². The minimum atomic E-state index is 0.228. The molecule has 3 nitrogen and oxygen atoms in total. The van der Waals surface area contributed by atoms with Crippen molar-refractivity contribution in [3.05, 3.63) is 0 Å². The van der Waals surface area contributed by atoms with Crippen LogP contribution in [0.25, 0.3) is 0 Å². The zero-order chi connectivity index (χ0) is 14.6. The predicted octanol–water partition coefficient (Wildman–Crippen LogP) is 3.73. The average Bonchev–Trinajstić information content (AvgIpc) is 2.46. The average molecular weight is 282 g/mol. The second-order valence-corrected chi connectivity index (χ2v) is 6.21. The predicted molar refractivity (Wildman–Crippen MR) is 85.9 cm³/mol. The zero-order valence-corrected chi connectivity index (χ0v) is 13.6. The first-order chi connectivity index (χ1) is 9.74. The van der Waals surface area contributed by atoms with Crippen molar-refractivity contribution in [3.8, 4) is 0 Å². The number of piperidine rings is 1. The highest BCUT2D eigenvalue weighted by Crippen LogP contribution is 2.11. The van der Waals surface area contributed by atoms with E-state index in [0.29, 0.717) is 6.04 Å². The van der Waals surface area contributed by atoms with E-state index in [2.05, 4.69) is 12.2 Å². The van der Waals surface area contributed by atoms with Crippen molar-refractivity contribution in [2.24, 2.45) is 0 Å². The fourth-order valence-electron chi connectivity index (χ4n) is 2.96. The fraction of sp³-hybridized carbons (Fsp3) is 0.941. The fourth-order valence-corrected chi connectivity index (χ4v) is 2.96. The van der Waals surface area contributed by atoms with E-state index in [0.717, 1.165) is 32.5 Å². The first kappa shape index (κ1) is 17.5. The van der Waals surface area contributed by atoms with Crippen LogP contribution in [0, 0.1) is 0 Å². The van der Waals surface area contributed by atoms with Crippen LogP contribution in [-0.2, 0) is 4.79 Å². The number of nitrogens with zero attached hydrogens (tertiary/aromatic N) is 1. The molecule has 0 aromatic carbocycles. The van der Waals surface area contributed by atoms with Crippen LogP contribution in [0.1, 0.15) is 78.1 Å². The SMILES string of the molecule is CCCCCCCCCCNC1CCN(C(C)=O)CC1. The second kappa shape index (κ2) is 11.1. The summed E-state index contributed by atoms with van der Waals surface area (Å²) in [6.45, 7) is 6.97.